The minimum absolute atomic E-state index is 0. The van der Waals surface area contributed by atoms with E-state index in [1.807, 2.05) is 0 Å². The van der Waals surface area contributed by atoms with Gasteiger partial charge in [0.25, 0.3) is 0 Å². The summed E-state index contributed by atoms with van der Waals surface area (Å²) in [5.74, 6) is -2.45. The molecule has 0 fully saturated rings. The molecule has 0 bridgehead atoms. The molecule has 0 N–H and O–H groups in total. The molecule has 9 heteroatoms. The molecule has 0 atom stereocenters. The number of hydrogen-bond acceptors (Lipinski definition) is 4. The number of rotatable bonds is 2. The van der Waals surface area contributed by atoms with Gasteiger partial charge in [-0.3, -0.25) is 0 Å². The van der Waals surface area contributed by atoms with E-state index in [2.05, 4.69) is 63.7 Å². The van der Waals surface area contributed by atoms with E-state index in [1.165, 1.54) is 9.97 Å². The molecule has 0 rings (SSSR count). The summed E-state index contributed by atoms with van der Waals surface area (Å²) in [7, 11) is 0. The van der Waals surface area contributed by atoms with E-state index in [1.54, 1.807) is 0 Å². The smallest absolute Gasteiger partial charge is 0.544 e. The Morgan fingerprint density at radius 3 is 1.07 bits per heavy atom. The van der Waals surface area contributed by atoms with Crippen molar-refractivity contribution in [3.8, 4) is 0 Å². The first-order chi connectivity index (χ1) is 6.36. The monoisotopic (exact) mass is 518 g/mol. The van der Waals surface area contributed by atoms with Gasteiger partial charge in [0.15, 0.2) is 0 Å². The van der Waals surface area contributed by atoms with Crippen LogP contribution >= 0.6 is 63.7 Å². The number of carbonyl (C=O) groups is 2. The topological polar surface area (TPSA) is 80.3 Å². The van der Waals surface area contributed by atoms with Crippen LogP contribution in [0.4, 0.5) is 0 Å². The maximum absolute atomic E-state index is 9.67. The molecular formula is C6H2Br4O4Zn. The molecule has 0 saturated carbocycles. The number of carboxylic acid groups (broad SMARTS) is 2. The Morgan fingerprint density at radius 2 is 1.07 bits per heavy atom. The second-order valence-electron chi connectivity index (χ2n) is 1.49. The van der Waals surface area contributed by atoms with E-state index in [0.717, 1.165) is 0 Å². The fourth-order valence-corrected chi connectivity index (χ4v) is 0.463. The van der Waals surface area contributed by atoms with Gasteiger partial charge in [-0.2, -0.15) is 0 Å². The van der Waals surface area contributed by atoms with Crippen molar-refractivity contribution in [2.45, 2.75) is 0 Å². The van der Waals surface area contributed by atoms with Crippen LogP contribution in [0.5, 0.6) is 0 Å². The zero-order chi connectivity index (χ0) is 11.7. The minimum atomic E-state index is -1.23. The van der Waals surface area contributed by atoms with Crippen molar-refractivity contribution in [3.05, 3.63) is 18.9 Å². The van der Waals surface area contributed by atoms with Crippen molar-refractivity contribution in [2.24, 2.45) is 0 Å². The van der Waals surface area contributed by atoms with Crippen LogP contribution in [-0.2, 0) is 29.1 Å². The predicted octanol–water partition coefficient (Wildman–Crippen LogP) is 0.732. The Hall–Kier alpha value is 0.963. The second-order valence-corrected chi connectivity index (χ2v) is 4.11. The molecule has 0 heterocycles. The van der Waals surface area contributed by atoms with Gasteiger partial charge >= 0.3 is 19.5 Å². The van der Waals surface area contributed by atoms with Crippen molar-refractivity contribution in [1.29, 1.82) is 0 Å². The molecule has 4 nitrogen and oxygen atoms in total. The molecule has 0 spiro atoms. The first kappa shape index (κ1) is 21.3. The van der Waals surface area contributed by atoms with Crippen LogP contribution in [-0.4, -0.2) is 11.9 Å². The molecule has 0 aromatic carbocycles. The van der Waals surface area contributed by atoms with E-state index < -0.39 is 11.9 Å². The molecule has 0 unspecified atom stereocenters. The van der Waals surface area contributed by atoms with Crippen LogP contribution in [0.1, 0.15) is 0 Å². The number of aliphatic carboxylic acids is 2. The van der Waals surface area contributed by atoms with E-state index in [4.69, 9.17) is 0 Å². The molecule has 0 aliphatic rings. The van der Waals surface area contributed by atoms with Crippen molar-refractivity contribution in [1.82, 2.24) is 0 Å². The molecule has 0 radical (unpaired) electrons. The summed E-state index contributed by atoms with van der Waals surface area (Å²) in [5, 5.41) is 19.3. The fourth-order valence-electron chi connectivity index (χ4n) is 0.0891. The van der Waals surface area contributed by atoms with Gasteiger partial charge < -0.3 is 19.8 Å². The number of hydrogen-bond donors (Lipinski definition) is 0. The summed E-state index contributed by atoms with van der Waals surface area (Å²) in [6, 6.07) is 0. The van der Waals surface area contributed by atoms with Gasteiger partial charge in [-0.05, 0) is 41.8 Å². The zero-order valence-corrected chi connectivity index (χ0v) is 16.3. The average molecular weight is 523 g/mol. The van der Waals surface area contributed by atoms with Gasteiger partial charge in [0.2, 0.25) is 0 Å². The Morgan fingerprint density at radius 1 is 0.867 bits per heavy atom. The van der Waals surface area contributed by atoms with Gasteiger partial charge in [0.1, 0.15) is 0 Å². The summed E-state index contributed by atoms with van der Waals surface area (Å²) in [6.07, 6.45) is 0. The third kappa shape index (κ3) is 15.0. The molecule has 0 aromatic rings. The molecule has 80 valence electrons. The predicted molar refractivity (Wildman–Crippen MR) is 61.9 cm³/mol. The van der Waals surface area contributed by atoms with E-state index >= 15 is 0 Å². The molecule has 0 amide bonds. The molecular weight excluding hydrogens is 521 g/mol. The Kier molecular flexibility index (Phi) is 18.5. The summed E-state index contributed by atoms with van der Waals surface area (Å²) in [4.78, 5) is 21.8. The van der Waals surface area contributed by atoms with E-state index in [9.17, 15) is 19.8 Å². The Balaban J connectivity index is -0.000000180. The van der Waals surface area contributed by atoms with Crippen LogP contribution in [0, 0.1) is 0 Å². The molecule has 0 aromatic heterocycles. The van der Waals surface area contributed by atoms with Crippen LogP contribution in [0.3, 0.4) is 0 Å². The van der Waals surface area contributed by atoms with Crippen LogP contribution in [0.25, 0.3) is 0 Å². The van der Waals surface area contributed by atoms with Crippen LogP contribution < -0.4 is 10.2 Å². The third-order valence-electron chi connectivity index (χ3n) is 0.582. The quantitative estimate of drug-likeness (QED) is 0.395. The second kappa shape index (κ2) is 13.0. The van der Waals surface area contributed by atoms with Gasteiger partial charge in [-0.15, -0.1) is 0 Å². The maximum Gasteiger partial charge on any atom is 2.00 e. The molecule has 15 heavy (non-hydrogen) atoms. The first-order valence-corrected chi connectivity index (χ1v) is 6.13. The van der Waals surface area contributed by atoms with Crippen molar-refractivity contribution < 1.29 is 39.3 Å². The molecule has 0 saturated heterocycles. The van der Waals surface area contributed by atoms with Gasteiger partial charge in [-0.25, -0.2) is 0 Å². The van der Waals surface area contributed by atoms with Crippen LogP contribution in [0.15, 0.2) is 18.9 Å². The third-order valence-corrected chi connectivity index (χ3v) is 3.83. The van der Waals surface area contributed by atoms with Gasteiger partial charge in [-0.1, -0.05) is 31.9 Å². The summed E-state index contributed by atoms with van der Waals surface area (Å²) in [6.45, 7) is 0. The summed E-state index contributed by atoms with van der Waals surface area (Å²) in [5.41, 5.74) is 0. The van der Waals surface area contributed by atoms with Gasteiger partial charge in [0.05, 0.1) is 11.9 Å². The summed E-state index contributed by atoms with van der Waals surface area (Å²) >= 11 is 11.0. The largest absolute Gasteiger partial charge is 2.00 e. The standard InChI is InChI=1S/2C3H2Br2O2.Zn/c2*4-1-2(5)3(6)7;/h2*1H,(H,6,7);/q;;+2/p-2/b2*2-1-;. The van der Waals surface area contributed by atoms with Crippen molar-refractivity contribution in [3.63, 3.8) is 0 Å². The Labute approximate surface area is 132 Å². The van der Waals surface area contributed by atoms with E-state index in [0.29, 0.717) is 0 Å². The molecule has 0 aliphatic heterocycles. The molecule has 0 aliphatic carbocycles. The maximum atomic E-state index is 9.67. The number of halogens is 4. The van der Waals surface area contributed by atoms with Crippen molar-refractivity contribution in [2.75, 3.05) is 0 Å². The number of carbonyl (C=O) groups excluding carboxylic acids is 2. The first-order valence-electron chi connectivity index (χ1n) is 2.71. The fraction of sp³-hybridized carbons (Fsp3) is 0. The van der Waals surface area contributed by atoms with E-state index in [-0.39, 0.29) is 28.4 Å². The van der Waals surface area contributed by atoms with Crippen LogP contribution in [0.2, 0.25) is 0 Å². The normalized spacial score (nSPS) is 10.7. The summed E-state index contributed by atoms with van der Waals surface area (Å²) < 4.78 is 0.0139. The van der Waals surface area contributed by atoms with Gasteiger partial charge in [0, 0.05) is 8.96 Å². The average Bonchev–Trinajstić information content (AvgIpc) is 2.15. The Bertz CT molecular complexity index is 248. The SMILES string of the molecule is O=C([O-])/C(Br)=C/Br.O=C([O-])/C(Br)=C/Br.[Zn+2]. The minimum Gasteiger partial charge on any atom is -0.544 e. The van der Waals surface area contributed by atoms with Crippen molar-refractivity contribution >= 4 is 75.7 Å². The zero-order valence-electron chi connectivity index (χ0n) is 7.01. The number of carboxylic acids is 2.